The van der Waals surface area contributed by atoms with Gasteiger partial charge in [0.25, 0.3) is 11.5 Å². The number of nitrogens with zero attached hydrogens (tertiary/aromatic N) is 3. The lowest BCUT2D eigenvalue weighted by Crippen LogP contribution is -2.41. The van der Waals surface area contributed by atoms with Crippen molar-refractivity contribution in [1.29, 1.82) is 0 Å². The molecule has 2 aliphatic heterocycles. The van der Waals surface area contributed by atoms with Gasteiger partial charge >= 0.3 is 11.9 Å². The first kappa shape index (κ1) is 29.8. The summed E-state index contributed by atoms with van der Waals surface area (Å²) in [6.07, 6.45) is -0.426. The van der Waals surface area contributed by atoms with Crippen molar-refractivity contribution < 1.29 is 33.3 Å². The van der Waals surface area contributed by atoms with Crippen molar-refractivity contribution in [3.63, 3.8) is 0 Å². The molecule has 11 nitrogen and oxygen atoms in total. The third kappa shape index (κ3) is 5.22. The number of aromatic nitrogens is 1. The van der Waals surface area contributed by atoms with Gasteiger partial charge in [-0.2, -0.15) is 0 Å². The molecule has 0 aliphatic carbocycles. The Labute approximate surface area is 251 Å². The Morgan fingerprint density at radius 3 is 2.49 bits per heavy atom. The normalized spacial score (nSPS) is 17.0. The van der Waals surface area contributed by atoms with Crippen LogP contribution in [-0.4, -0.2) is 55.9 Å². The molecule has 1 atom stereocenters. The second-order valence-electron chi connectivity index (χ2n) is 10.1. The molecule has 43 heavy (non-hydrogen) atoms. The molecule has 0 fully saturated rings. The van der Waals surface area contributed by atoms with Gasteiger partial charge < -0.3 is 18.9 Å². The average molecular weight is 606 g/mol. The van der Waals surface area contributed by atoms with E-state index in [0.29, 0.717) is 34.0 Å². The first-order valence-corrected chi connectivity index (χ1v) is 14.5. The van der Waals surface area contributed by atoms with Gasteiger partial charge in [-0.3, -0.25) is 23.9 Å². The highest BCUT2D eigenvalue weighted by molar-refractivity contribution is 7.07. The zero-order chi connectivity index (χ0) is 31.0. The molecule has 12 heteroatoms. The van der Waals surface area contributed by atoms with Gasteiger partial charge in [0.05, 0.1) is 49.5 Å². The van der Waals surface area contributed by atoms with Crippen LogP contribution in [0, 0.1) is 0 Å². The fourth-order valence-corrected chi connectivity index (χ4v) is 6.39. The molecule has 2 aliphatic rings. The van der Waals surface area contributed by atoms with Crippen LogP contribution in [-0.2, 0) is 23.9 Å². The summed E-state index contributed by atoms with van der Waals surface area (Å²) in [4.78, 5) is 60.4. The highest BCUT2D eigenvalue weighted by Gasteiger charge is 2.39. The molecule has 0 radical (unpaired) electrons. The van der Waals surface area contributed by atoms with Crippen LogP contribution in [0.4, 0.5) is 5.69 Å². The van der Waals surface area contributed by atoms with Crippen LogP contribution in [0.1, 0.15) is 44.9 Å². The van der Waals surface area contributed by atoms with E-state index in [4.69, 9.17) is 18.9 Å². The molecular formula is C31H31N3O8S. The molecule has 0 N–H and O–H groups in total. The number of fused-ring (bicyclic) bond motifs is 2. The Morgan fingerprint density at radius 1 is 1.07 bits per heavy atom. The Hall–Kier alpha value is -4.71. The molecule has 1 amide bonds. The summed E-state index contributed by atoms with van der Waals surface area (Å²) in [5.41, 5.74) is 1.61. The van der Waals surface area contributed by atoms with Crippen molar-refractivity contribution in [1.82, 2.24) is 4.57 Å². The Balaban J connectivity index is 1.80. The zero-order valence-electron chi connectivity index (χ0n) is 24.6. The van der Waals surface area contributed by atoms with E-state index in [0.717, 1.165) is 11.3 Å². The molecule has 224 valence electrons. The molecule has 5 rings (SSSR count). The van der Waals surface area contributed by atoms with Gasteiger partial charge in [0.1, 0.15) is 28.6 Å². The van der Waals surface area contributed by atoms with Gasteiger partial charge in [-0.05, 0) is 52.0 Å². The topological polar surface area (TPSA) is 126 Å². The molecule has 0 saturated heterocycles. The van der Waals surface area contributed by atoms with Crippen LogP contribution >= 0.6 is 11.3 Å². The van der Waals surface area contributed by atoms with Crippen molar-refractivity contribution in [3.8, 4) is 11.5 Å². The number of esters is 2. The third-order valence-corrected chi connectivity index (χ3v) is 8.09. The number of hydrogen-bond donors (Lipinski definition) is 0. The molecular weight excluding hydrogens is 574 g/mol. The van der Waals surface area contributed by atoms with E-state index in [1.54, 1.807) is 70.2 Å². The van der Waals surface area contributed by atoms with E-state index in [9.17, 15) is 19.2 Å². The third-order valence-electron chi connectivity index (χ3n) is 7.03. The molecule has 1 aromatic heterocycles. The minimum absolute atomic E-state index is 0.126. The van der Waals surface area contributed by atoms with Crippen LogP contribution in [0.2, 0.25) is 0 Å². The number of para-hydroxylation sites is 1. The number of hydrogen-bond acceptors (Lipinski definition) is 10. The van der Waals surface area contributed by atoms with Crippen molar-refractivity contribution >= 4 is 40.4 Å². The molecule has 3 heterocycles. The number of thiazole rings is 1. The summed E-state index contributed by atoms with van der Waals surface area (Å²) in [5, 5.41) is 0. The van der Waals surface area contributed by atoms with Crippen molar-refractivity contribution in [3.05, 3.63) is 84.5 Å². The number of benzene rings is 2. The summed E-state index contributed by atoms with van der Waals surface area (Å²) in [6, 6.07) is 11.0. The number of allylic oxidation sites excluding steroid dienone is 1. The number of carbonyl (C=O) groups is 3. The Morgan fingerprint density at radius 2 is 1.81 bits per heavy atom. The van der Waals surface area contributed by atoms with E-state index in [1.165, 1.54) is 23.7 Å². The van der Waals surface area contributed by atoms with Crippen molar-refractivity contribution in [2.45, 2.75) is 39.8 Å². The minimum atomic E-state index is -0.996. The van der Waals surface area contributed by atoms with Gasteiger partial charge in [0.2, 0.25) is 0 Å². The van der Waals surface area contributed by atoms with E-state index in [2.05, 4.69) is 4.99 Å². The number of methoxy groups -OCH3 is 2. The predicted molar refractivity (Wildman–Crippen MR) is 159 cm³/mol. The first-order valence-electron chi connectivity index (χ1n) is 13.7. The van der Waals surface area contributed by atoms with Crippen LogP contribution in [0.15, 0.2) is 63.5 Å². The van der Waals surface area contributed by atoms with Crippen LogP contribution in [0.5, 0.6) is 11.5 Å². The van der Waals surface area contributed by atoms with E-state index >= 15 is 0 Å². The molecule has 0 unspecified atom stereocenters. The lowest BCUT2D eigenvalue weighted by molar-refractivity contribution is -0.143. The van der Waals surface area contributed by atoms with E-state index in [-0.39, 0.29) is 33.6 Å². The maximum atomic E-state index is 14.4. The predicted octanol–water partition coefficient (Wildman–Crippen LogP) is 2.48. The summed E-state index contributed by atoms with van der Waals surface area (Å²) in [5.74, 6) is -0.808. The fourth-order valence-electron chi connectivity index (χ4n) is 5.25. The SMILES string of the molecule is CCOC(=O)CN1C(=O)/C(=c2\sc3n(c2=O)[C@@H](c2cc(OC)ccc2OC)C(C(=O)OC(C)C)=C(C)N=3)c2ccccc21. The zero-order valence-corrected chi connectivity index (χ0v) is 25.4. The number of carbonyl (C=O) groups excluding carboxylic acids is 3. The summed E-state index contributed by atoms with van der Waals surface area (Å²) in [6.45, 7) is 6.69. The molecule has 0 saturated carbocycles. The highest BCUT2D eigenvalue weighted by atomic mass is 32.1. The number of anilines is 1. The highest BCUT2D eigenvalue weighted by Crippen LogP contribution is 2.39. The monoisotopic (exact) mass is 605 g/mol. The Bertz CT molecular complexity index is 1850. The van der Waals surface area contributed by atoms with Crippen LogP contribution in [0.25, 0.3) is 5.57 Å². The second kappa shape index (κ2) is 11.9. The van der Waals surface area contributed by atoms with Crippen LogP contribution in [0.3, 0.4) is 0 Å². The van der Waals surface area contributed by atoms with E-state index in [1.807, 2.05) is 0 Å². The number of amides is 1. The maximum Gasteiger partial charge on any atom is 0.338 e. The largest absolute Gasteiger partial charge is 0.497 e. The van der Waals surface area contributed by atoms with Crippen molar-refractivity contribution in [2.24, 2.45) is 4.99 Å². The Kier molecular flexibility index (Phi) is 8.23. The van der Waals surface area contributed by atoms with Gasteiger partial charge in [-0.1, -0.05) is 29.5 Å². The quantitative estimate of drug-likeness (QED) is 0.359. The first-order chi connectivity index (χ1) is 20.6. The summed E-state index contributed by atoms with van der Waals surface area (Å²) < 4.78 is 23.3. The van der Waals surface area contributed by atoms with Gasteiger partial charge in [0, 0.05) is 11.1 Å². The number of ether oxygens (including phenoxy) is 4. The second-order valence-corrected chi connectivity index (χ2v) is 11.0. The minimum Gasteiger partial charge on any atom is -0.497 e. The maximum absolute atomic E-state index is 14.4. The average Bonchev–Trinajstić information content (AvgIpc) is 3.43. The van der Waals surface area contributed by atoms with E-state index < -0.39 is 35.6 Å². The molecule has 0 bridgehead atoms. The molecule has 2 aromatic carbocycles. The van der Waals surface area contributed by atoms with Crippen LogP contribution < -0.4 is 29.3 Å². The van der Waals surface area contributed by atoms with Gasteiger partial charge in [-0.15, -0.1) is 0 Å². The fraction of sp³-hybridized carbons (Fsp3) is 0.323. The summed E-state index contributed by atoms with van der Waals surface area (Å²) >= 11 is 1.04. The lowest BCUT2D eigenvalue weighted by atomic mass is 9.94. The van der Waals surface area contributed by atoms with Gasteiger partial charge in [-0.25, -0.2) is 9.79 Å². The smallest absolute Gasteiger partial charge is 0.338 e. The standard InChI is InChI=1S/C31H31N3O8S/c1-7-41-23(35)15-33-21-11-9-8-10-19(21)25(28(33)36)27-29(37)34-26(20-14-18(39-5)12-13-22(20)40-6)24(30(38)42-16(2)3)17(4)32-31(34)43-27/h8-14,16,26H,7,15H2,1-6H3/b27-25-/t26-/m0/s1. The molecule has 0 spiro atoms. The summed E-state index contributed by atoms with van der Waals surface area (Å²) in [7, 11) is 3.00. The number of rotatable bonds is 8. The van der Waals surface area contributed by atoms with Gasteiger partial charge in [0.15, 0.2) is 4.80 Å². The molecule has 3 aromatic rings. The van der Waals surface area contributed by atoms with Crippen molar-refractivity contribution in [2.75, 3.05) is 32.3 Å². The lowest BCUT2D eigenvalue weighted by Gasteiger charge is -2.26.